The van der Waals surface area contributed by atoms with E-state index in [1.54, 1.807) is 18.2 Å². The quantitative estimate of drug-likeness (QED) is 0.423. The standard InChI is InChI=1S/C22H27F3N6O4/c1-13(22(23,24)25)27-20(33)16-3-4-17-19(28-16)31(14-6-8-30(17)12-14)21(34)29-18-11-15(5-7-26-18)35-10-2-9-32/h3-5,7,11,13-14,16,28,32H,2,6,8-10,12H2,1H3,(H,27,33)(H,26,29,34)/t13-,14+,16?/m1/s1. The summed E-state index contributed by atoms with van der Waals surface area (Å²) in [5.41, 5.74) is 0.691. The molecule has 2 bridgehead atoms. The van der Waals surface area contributed by atoms with Gasteiger partial charge in [0.25, 0.3) is 0 Å². The molecule has 190 valence electrons. The van der Waals surface area contributed by atoms with Crippen molar-refractivity contribution < 1.29 is 32.6 Å². The summed E-state index contributed by atoms with van der Waals surface area (Å²) in [5, 5.41) is 16.5. The molecule has 1 aromatic heterocycles. The Kier molecular flexibility index (Phi) is 7.05. The number of rotatable bonds is 7. The number of hydrogen-bond acceptors (Lipinski definition) is 7. The molecule has 35 heavy (non-hydrogen) atoms. The molecule has 4 N–H and O–H groups in total. The molecule has 0 aliphatic carbocycles. The van der Waals surface area contributed by atoms with E-state index in [0.29, 0.717) is 49.8 Å². The number of nitrogens with zero attached hydrogens (tertiary/aromatic N) is 3. The van der Waals surface area contributed by atoms with Gasteiger partial charge in [0, 0.05) is 38.4 Å². The van der Waals surface area contributed by atoms with Gasteiger partial charge >= 0.3 is 12.2 Å². The van der Waals surface area contributed by atoms with Crippen LogP contribution in [0.1, 0.15) is 19.8 Å². The Hall–Kier alpha value is -3.48. The number of carbonyl (C=O) groups excluding carboxylic acids is 2. The predicted molar refractivity (Wildman–Crippen MR) is 119 cm³/mol. The fourth-order valence-electron chi connectivity index (χ4n) is 4.14. The van der Waals surface area contributed by atoms with Crippen LogP contribution in [-0.2, 0) is 4.79 Å². The van der Waals surface area contributed by atoms with Crippen molar-refractivity contribution in [3.05, 3.63) is 42.0 Å². The summed E-state index contributed by atoms with van der Waals surface area (Å²) in [4.78, 5) is 33.5. The molecule has 3 aliphatic rings. The van der Waals surface area contributed by atoms with E-state index >= 15 is 0 Å². The highest BCUT2D eigenvalue weighted by molar-refractivity contribution is 5.91. The van der Waals surface area contributed by atoms with E-state index in [-0.39, 0.29) is 18.5 Å². The zero-order valence-corrected chi connectivity index (χ0v) is 19.0. The number of allylic oxidation sites excluding steroid dienone is 1. The van der Waals surface area contributed by atoms with Gasteiger partial charge < -0.3 is 25.4 Å². The maximum Gasteiger partial charge on any atom is 0.408 e. The Balaban J connectivity index is 1.49. The lowest BCUT2D eigenvalue weighted by atomic mass is 10.1. The number of dihydropyridines is 1. The summed E-state index contributed by atoms with van der Waals surface area (Å²) >= 11 is 0. The molecule has 1 unspecified atom stereocenters. The van der Waals surface area contributed by atoms with Gasteiger partial charge in [-0.1, -0.05) is 6.08 Å². The molecule has 0 saturated carbocycles. The molecular formula is C22H27F3N6O4. The first kappa shape index (κ1) is 24.6. The zero-order chi connectivity index (χ0) is 25.2. The minimum absolute atomic E-state index is 0.00489. The predicted octanol–water partition coefficient (Wildman–Crippen LogP) is 1.53. The van der Waals surface area contributed by atoms with E-state index in [0.717, 1.165) is 6.92 Å². The molecule has 0 aromatic carbocycles. The van der Waals surface area contributed by atoms with Crippen molar-refractivity contribution in [2.75, 3.05) is 31.6 Å². The van der Waals surface area contributed by atoms with Gasteiger partial charge in [0.2, 0.25) is 5.91 Å². The molecule has 10 nitrogen and oxygen atoms in total. The summed E-state index contributed by atoms with van der Waals surface area (Å²) in [6.45, 7) is 2.47. The highest BCUT2D eigenvalue weighted by atomic mass is 19.4. The highest BCUT2D eigenvalue weighted by Crippen LogP contribution is 2.33. The number of aliphatic hydroxyl groups is 1. The molecule has 1 saturated heterocycles. The molecule has 4 heterocycles. The molecule has 3 amide bonds. The number of anilines is 1. The monoisotopic (exact) mass is 496 g/mol. The van der Waals surface area contributed by atoms with Gasteiger partial charge in [0.1, 0.15) is 29.5 Å². The number of ether oxygens (including phenoxy) is 1. The number of carbonyl (C=O) groups is 2. The number of pyridine rings is 1. The second-order valence-electron chi connectivity index (χ2n) is 8.48. The number of hydrogen-bond donors (Lipinski definition) is 4. The molecular weight excluding hydrogens is 469 g/mol. The van der Waals surface area contributed by atoms with Crippen LogP contribution in [0.2, 0.25) is 0 Å². The van der Waals surface area contributed by atoms with Crippen molar-refractivity contribution in [3.63, 3.8) is 0 Å². The van der Waals surface area contributed by atoms with E-state index in [4.69, 9.17) is 9.84 Å². The smallest absolute Gasteiger partial charge is 0.408 e. The maximum absolute atomic E-state index is 13.3. The average Bonchev–Trinajstić information content (AvgIpc) is 3.22. The van der Waals surface area contributed by atoms with Crippen molar-refractivity contribution >= 4 is 17.8 Å². The van der Waals surface area contributed by atoms with Crippen LogP contribution >= 0.6 is 0 Å². The topological polar surface area (TPSA) is 119 Å². The first-order chi connectivity index (χ1) is 16.7. The summed E-state index contributed by atoms with van der Waals surface area (Å²) in [6, 6.07) is -0.581. The Morgan fingerprint density at radius 3 is 2.94 bits per heavy atom. The zero-order valence-electron chi connectivity index (χ0n) is 19.0. The van der Waals surface area contributed by atoms with Gasteiger partial charge in [-0.2, -0.15) is 13.2 Å². The average molecular weight is 496 g/mol. The number of aromatic nitrogens is 1. The Labute approximate surface area is 199 Å². The van der Waals surface area contributed by atoms with Crippen LogP contribution in [0, 0.1) is 0 Å². The van der Waals surface area contributed by atoms with E-state index < -0.39 is 30.2 Å². The minimum Gasteiger partial charge on any atom is -0.493 e. The molecule has 1 fully saturated rings. The van der Waals surface area contributed by atoms with E-state index in [1.165, 1.54) is 17.2 Å². The second kappa shape index (κ2) is 10.0. The minimum atomic E-state index is -4.57. The molecule has 4 rings (SSSR count). The van der Waals surface area contributed by atoms with Gasteiger partial charge in [-0.05, 0) is 25.5 Å². The van der Waals surface area contributed by atoms with Gasteiger partial charge in [0.05, 0.1) is 18.3 Å². The fraction of sp³-hybridized carbons (Fsp3) is 0.500. The number of nitrogens with one attached hydrogen (secondary N) is 3. The fourth-order valence-corrected chi connectivity index (χ4v) is 4.14. The number of aliphatic hydroxyl groups excluding tert-OH is 1. The van der Waals surface area contributed by atoms with E-state index in [1.807, 2.05) is 5.32 Å². The first-order valence-electron chi connectivity index (χ1n) is 11.3. The number of amides is 3. The lowest BCUT2D eigenvalue weighted by Crippen LogP contribution is -2.57. The van der Waals surface area contributed by atoms with Gasteiger partial charge in [0.15, 0.2) is 0 Å². The third kappa shape index (κ3) is 5.45. The number of fused-ring (bicyclic) bond motifs is 3. The molecule has 0 spiro atoms. The maximum atomic E-state index is 13.3. The summed E-state index contributed by atoms with van der Waals surface area (Å²) in [7, 11) is 0. The molecule has 13 heteroatoms. The van der Waals surface area contributed by atoms with Gasteiger partial charge in [-0.25, -0.2) is 9.78 Å². The van der Waals surface area contributed by atoms with Crippen molar-refractivity contribution in [2.45, 2.75) is 44.1 Å². The van der Waals surface area contributed by atoms with Crippen LogP contribution in [0.15, 0.2) is 42.0 Å². The summed E-state index contributed by atoms with van der Waals surface area (Å²) in [6.07, 6.45) is 1.21. The Bertz CT molecular complexity index is 1030. The van der Waals surface area contributed by atoms with Crippen molar-refractivity contribution in [3.8, 4) is 5.75 Å². The van der Waals surface area contributed by atoms with Crippen LogP contribution in [0.3, 0.4) is 0 Å². The van der Waals surface area contributed by atoms with Crippen molar-refractivity contribution in [1.82, 2.24) is 25.4 Å². The van der Waals surface area contributed by atoms with Gasteiger partial charge in [-0.3, -0.25) is 15.0 Å². The van der Waals surface area contributed by atoms with Crippen LogP contribution in [0.4, 0.5) is 23.8 Å². The van der Waals surface area contributed by atoms with Crippen LogP contribution in [0.25, 0.3) is 0 Å². The van der Waals surface area contributed by atoms with Crippen LogP contribution < -0.4 is 20.7 Å². The lowest BCUT2D eigenvalue weighted by molar-refractivity contribution is -0.158. The van der Waals surface area contributed by atoms with Crippen LogP contribution in [-0.4, -0.2) is 82.4 Å². The van der Waals surface area contributed by atoms with Crippen LogP contribution in [0.5, 0.6) is 5.75 Å². The molecule has 3 aliphatic heterocycles. The van der Waals surface area contributed by atoms with Crippen molar-refractivity contribution in [2.24, 2.45) is 0 Å². The lowest BCUT2D eigenvalue weighted by Gasteiger charge is -2.41. The van der Waals surface area contributed by atoms with E-state index in [9.17, 15) is 22.8 Å². The Morgan fingerprint density at radius 1 is 1.40 bits per heavy atom. The number of urea groups is 1. The second-order valence-corrected chi connectivity index (χ2v) is 8.48. The SMILES string of the molecule is C[C@@H](NC(=O)C1C=CC2=C(N1)N(C(=O)Nc1cc(OCCCO)ccn1)[C@H]1CCN2C1)C(F)(F)F. The van der Waals surface area contributed by atoms with Crippen molar-refractivity contribution in [1.29, 1.82) is 0 Å². The molecule has 0 radical (unpaired) electrons. The largest absolute Gasteiger partial charge is 0.493 e. The van der Waals surface area contributed by atoms with E-state index in [2.05, 4.69) is 20.5 Å². The number of halogens is 3. The molecule has 3 atom stereocenters. The Morgan fingerprint density at radius 2 is 2.20 bits per heavy atom. The summed E-state index contributed by atoms with van der Waals surface area (Å²) in [5.74, 6) is 0.233. The number of alkyl halides is 3. The summed E-state index contributed by atoms with van der Waals surface area (Å²) < 4.78 is 44.2. The normalized spacial score (nSPS) is 21.9. The third-order valence-electron chi connectivity index (χ3n) is 5.98. The highest BCUT2D eigenvalue weighted by Gasteiger charge is 2.43. The first-order valence-corrected chi connectivity index (χ1v) is 11.3. The van der Waals surface area contributed by atoms with Gasteiger partial charge in [-0.15, -0.1) is 0 Å². The molecule has 1 aromatic rings. The third-order valence-corrected chi connectivity index (χ3v) is 5.98.